The van der Waals surface area contributed by atoms with Gasteiger partial charge >= 0.3 is 0 Å². The molecule has 0 bridgehead atoms. The van der Waals surface area contributed by atoms with E-state index in [0.717, 1.165) is 0 Å². The Morgan fingerprint density at radius 1 is 1.83 bits per heavy atom. The van der Waals surface area contributed by atoms with E-state index in [9.17, 15) is 0 Å². The lowest BCUT2D eigenvalue weighted by Crippen LogP contribution is -1.80. The Kier molecular flexibility index (Phi) is 0.506. The SMILES string of the molecule is N=Nc1c[nH][nH]1. The fourth-order valence-corrected chi connectivity index (χ4v) is 0.197. The minimum absolute atomic E-state index is 0.579. The number of nitrogens with zero attached hydrogens (tertiary/aromatic N) is 1. The number of aromatic amines is 2. The van der Waals surface area contributed by atoms with Gasteiger partial charge in [-0.2, -0.15) is 0 Å². The van der Waals surface area contributed by atoms with E-state index in [-0.39, 0.29) is 0 Å². The highest BCUT2D eigenvalue weighted by Gasteiger charge is 1.82. The van der Waals surface area contributed by atoms with Crippen molar-refractivity contribution in [1.29, 1.82) is 5.53 Å². The van der Waals surface area contributed by atoms with Gasteiger partial charge in [-0.3, -0.25) is 5.10 Å². The summed E-state index contributed by atoms with van der Waals surface area (Å²) in [6.07, 6.45) is 1.60. The first-order valence-corrected chi connectivity index (χ1v) is 1.52. The maximum atomic E-state index is 6.31. The van der Waals surface area contributed by atoms with E-state index >= 15 is 0 Å². The van der Waals surface area contributed by atoms with Gasteiger partial charge in [0, 0.05) is 0 Å². The van der Waals surface area contributed by atoms with Crippen molar-refractivity contribution >= 4 is 5.82 Å². The molecule has 0 aliphatic heterocycles. The topological polar surface area (TPSA) is 67.8 Å². The number of H-pyrrole nitrogens is 2. The average Bonchev–Trinajstić information content (AvgIpc) is 1.31. The summed E-state index contributed by atoms with van der Waals surface area (Å²) in [5.41, 5.74) is 6.31. The van der Waals surface area contributed by atoms with Crippen molar-refractivity contribution in [3.63, 3.8) is 0 Å². The summed E-state index contributed by atoms with van der Waals surface area (Å²) < 4.78 is 0. The Hall–Kier alpha value is -1.06. The summed E-state index contributed by atoms with van der Waals surface area (Å²) in [5, 5.41) is 8.17. The zero-order valence-electron chi connectivity index (χ0n) is 3.02. The van der Waals surface area contributed by atoms with E-state index in [1.165, 1.54) is 0 Å². The molecule has 0 saturated heterocycles. The number of hydrogen-bond donors (Lipinski definition) is 3. The second-order valence-corrected chi connectivity index (χ2v) is 0.911. The fourth-order valence-electron chi connectivity index (χ4n) is 0.197. The molecule has 0 aliphatic rings. The zero-order valence-corrected chi connectivity index (χ0v) is 3.02. The molecule has 0 spiro atoms. The molecule has 1 heterocycles. The maximum Gasteiger partial charge on any atom is 0.184 e. The fraction of sp³-hybridized carbons (Fsp3) is 0. The van der Waals surface area contributed by atoms with Crippen LogP contribution in [0.1, 0.15) is 0 Å². The highest BCUT2D eigenvalue weighted by atomic mass is 15.2. The predicted octanol–water partition coefficient (Wildman–Crippen LogP) is 1.01. The van der Waals surface area contributed by atoms with Gasteiger partial charge in [-0.1, -0.05) is 0 Å². The van der Waals surface area contributed by atoms with Crippen LogP contribution in [0.25, 0.3) is 0 Å². The molecule has 0 fully saturated rings. The zero-order chi connectivity index (χ0) is 4.41. The van der Waals surface area contributed by atoms with Crippen LogP contribution in [0.2, 0.25) is 0 Å². The molecule has 3 N–H and O–H groups in total. The molecule has 4 nitrogen and oxygen atoms in total. The van der Waals surface area contributed by atoms with Crippen molar-refractivity contribution in [2.75, 3.05) is 0 Å². The molecule has 0 amide bonds. The number of hydrogen-bond acceptors (Lipinski definition) is 2. The van der Waals surface area contributed by atoms with Crippen molar-refractivity contribution in [3.8, 4) is 0 Å². The number of rotatable bonds is 1. The molecule has 1 rings (SSSR count). The van der Waals surface area contributed by atoms with Crippen LogP contribution in [-0.4, -0.2) is 10.2 Å². The van der Waals surface area contributed by atoms with Crippen LogP contribution in [-0.2, 0) is 0 Å². The van der Waals surface area contributed by atoms with Gasteiger partial charge in [0.25, 0.3) is 0 Å². The predicted molar refractivity (Wildman–Crippen MR) is 20.0 cm³/mol. The van der Waals surface area contributed by atoms with Crippen molar-refractivity contribution < 1.29 is 0 Å². The first-order chi connectivity index (χ1) is 2.93. The molecule has 32 valence electrons. The van der Waals surface area contributed by atoms with Crippen LogP contribution < -0.4 is 0 Å². The molecular weight excluding hydrogens is 80.1 g/mol. The summed E-state index contributed by atoms with van der Waals surface area (Å²) in [6, 6.07) is 0. The third-order valence-corrected chi connectivity index (χ3v) is 0.530. The van der Waals surface area contributed by atoms with E-state index in [1.807, 2.05) is 0 Å². The molecule has 0 radical (unpaired) electrons. The molecule has 0 atom stereocenters. The molecule has 4 heteroatoms. The van der Waals surface area contributed by atoms with E-state index in [0.29, 0.717) is 5.82 Å². The quantitative estimate of drug-likeness (QED) is 0.425. The van der Waals surface area contributed by atoms with Gasteiger partial charge in [-0.15, -0.1) is 5.11 Å². The Morgan fingerprint density at radius 2 is 2.50 bits per heavy atom. The van der Waals surface area contributed by atoms with Crippen LogP contribution in [0.4, 0.5) is 5.82 Å². The van der Waals surface area contributed by atoms with Crippen molar-refractivity contribution in [1.82, 2.24) is 10.2 Å². The summed E-state index contributed by atoms with van der Waals surface area (Å²) in [6.45, 7) is 0. The highest BCUT2D eigenvalue weighted by molar-refractivity contribution is 5.18. The molecule has 6 heavy (non-hydrogen) atoms. The standard InChI is InChI=1S/C2H4N4/c3-5-2-1-4-6-2/h1,3-4,6H. The van der Waals surface area contributed by atoms with Crippen molar-refractivity contribution in [2.45, 2.75) is 0 Å². The number of nitrogens with one attached hydrogen (secondary N) is 3. The van der Waals surface area contributed by atoms with Gasteiger partial charge in [-0.05, 0) is 0 Å². The molecule has 0 aromatic carbocycles. The summed E-state index contributed by atoms with van der Waals surface area (Å²) in [7, 11) is 0. The minimum atomic E-state index is 0.579. The first kappa shape index (κ1) is 3.14. The van der Waals surface area contributed by atoms with Gasteiger partial charge in [0.2, 0.25) is 0 Å². The largest absolute Gasteiger partial charge is 0.303 e. The lowest BCUT2D eigenvalue weighted by atomic mass is 10.7. The van der Waals surface area contributed by atoms with E-state index in [2.05, 4.69) is 15.3 Å². The molecule has 0 aliphatic carbocycles. The third-order valence-electron chi connectivity index (χ3n) is 0.530. The first-order valence-electron chi connectivity index (χ1n) is 1.52. The van der Waals surface area contributed by atoms with Gasteiger partial charge in [0.05, 0.1) is 6.20 Å². The maximum absolute atomic E-state index is 6.31. The van der Waals surface area contributed by atoms with Crippen LogP contribution in [0.3, 0.4) is 0 Å². The second-order valence-electron chi connectivity index (χ2n) is 0.911. The minimum Gasteiger partial charge on any atom is -0.303 e. The van der Waals surface area contributed by atoms with Gasteiger partial charge in [0.1, 0.15) is 0 Å². The Morgan fingerprint density at radius 3 is 2.50 bits per heavy atom. The highest BCUT2D eigenvalue weighted by Crippen LogP contribution is 2.00. The Labute approximate surface area is 34.1 Å². The monoisotopic (exact) mass is 84.0 g/mol. The summed E-state index contributed by atoms with van der Waals surface area (Å²) in [5.74, 6) is 0.579. The lowest BCUT2D eigenvalue weighted by Gasteiger charge is -1.90. The smallest absolute Gasteiger partial charge is 0.184 e. The van der Waals surface area contributed by atoms with Crippen molar-refractivity contribution in [2.24, 2.45) is 5.11 Å². The summed E-state index contributed by atoms with van der Waals surface area (Å²) in [4.78, 5) is 0. The van der Waals surface area contributed by atoms with Gasteiger partial charge in [0.15, 0.2) is 5.82 Å². The molecule has 1 aromatic rings. The van der Waals surface area contributed by atoms with E-state index in [1.54, 1.807) is 6.20 Å². The molecule has 0 unspecified atom stereocenters. The third kappa shape index (κ3) is 0.230. The van der Waals surface area contributed by atoms with E-state index < -0.39 is 0 Å². The van der Waals surface area contributed by atoms with Crippen LogP contribution in [0, 0.1) is 5.53 Å². The average molecular weight is 84.1 g/mol. The second kappa shape index (κ2) is 0.965. The van der Waals surface area contributed by atoms with Crippen LogP contribution >= 0.6 is 0 Å². The normalized spacial score (nSPS) is 8.67. The summed E-state index contributed by atoms with van der Waals surface area (Å²) >= 11 is 0. The molecule has 1 aromatic heterocycles. The van der Waals surface area contributed by atoms with Crippen LogP contribution in [0.5, 0.6) is 0 Å². The van der Waals surface area contributed by atoms with Gasteiger partial charge < -0.3 is 5.10 Å². The Bertz CT molecular complexity index is 118. The molecule has 0 saturated carbocycles. The van der Waals surface area contributed by atoms with Crippen LogP contribution in [0.15, 0.2) is 11.3 Å². The van der Waals surface area contributed by atoms with Gasteiger partial charge in [-0.25, -0.2) is 5.53 Å². The lowest BCUT2D eigenvalue weighted by molar-refractivity contribution is 0.917. The van der Waals surface area contributed by atoms with Crippen molar-refractivity contribution in [3.05, 3.63) is 6.20 Å². The molecular formula is C2H4N4. The van der Waals surface area contributed by atoms with E-state index in [4.69, 9.17) is 5.53 Å². The Balaban J connectivity index is 2.74. The number of aromatic nitrogens is 2.